The molecule has 1 aliphatic heterocycles. The van der Waals surface area contributed by atoms with Crippen molar-refractivity contribution in [1.29, 1.82) is 0 Å². The molecule has 1 heterocycles. The zero-order valence-electron chi connectivity index (χ0n) is 56.5. The molecule has 5 nitrogen and oxygen atoms in total. The highest BCUT2D eigenvalue weighted by Gasteiger charge is 2.57. The Morgan fingerprint density at radius 3 is 1.90 bits per heavy atom. The van der Waals surface area contributed by atoms with Crippen molar-refractivity contribution < 1.29 is 14.2 Å². The van der Waals surface area contributed by atoms with E-state index in [1.165, 1.54) is 99.5 Å². The molecule has 14 rings (SSSR count). The second-order valence-corrected chi connectivity index (χ2v) is 27.9. The zero-order valence-corrected chi connectivity index (χ0v) is 56.5. The van der Waals surface area contributed by atoms with Crippen LogP contribution in [0.1, 0.15) is 161 Å². The molecule has 0 amide bonds. The summed E-state index contributed by atoms with van der Waals surface area (Å²) < 4.78 is 18.7. The highest BCUT2D eigenvalue weighted by molar-refractivity contribution is 5.83. The van der Waals surface area contributed by atoms with Gasteiger partial charge in [-0.3, -0.25) is 0 Å². The second kappa shape index (κ2) is 30.3. The molecular weight excluding hydrogens is 1170 g/mol. The average molecular weight is 1270 g/mol. The zero-order chi connectivity index (χ0) is 65.1. The summed E-state index contributed by atoms with van der Waals surface area (Å²) in [7, 11) is 0. The van der Waals surface area contributed by atoms with E-state index in [2.05, 4.69) is 248 Å². The molecule has 0 spiro atoms. The maximum Gasteiger partial charge on any atom is 0.119 e. The van der Waals surface area contributed by atoms with Gasteiger partial charge in [-0.25, -0.2) is 0 Å². The Balaban J connectivity index is 0.730. The first-order valence-electron chi connectivity index (χ1n) is 36.4. The van der Waals surface area contributed by atoms with Crippen LogP contribution >= 0.6 is 0 Å². The lowest BCUT2D eigenvalue weighted by molar-refractivity contribution is 0.230. The number of anilines is 4. The highest BCUT2D eigenvalue weighted by Crippen LogP contribution is 2.63. The first-order valence-corrected chi connectivity index (χ1v) is 36.4. The van der Waals surface area contributed by atoms with E-state index >= 15 is 0 Å². The van der Waals surface area contributed by atoms with E-state index in [0.29, 0.717) is 36.2 Å². The first-order chi connectivity index (χ1) is 47.4. The van der Waals surface area contributed by atoms with Gasteiger partial charge < -0.3 is 24.0 Å². The van der Waals surface area contributed by atoms with Gasteiger partial charge in [-0.2, -0.15) is 0 Å². The summed E-state index contributed by atoms with van der Waals surface area (Å²) >= 11 is 0. The maximum atomic E-state index is 6.41. The number of benzene rings is 8. The molecule has 5 heteroatoms. The van der Waals surface area contributed by atoms with Crippen LogP contribution in [0, 0.1) is 23.7 Å². The third-order valence-electron chi connectivity index (χ3n) is 22.2. The quantitative estimate of drug-likeness (QED) is 0.0361. The van der Waals surface area contributed by atoms with Crippen LogP contribution in [0.15, 0.2) is 267 Å². The third kappa shape index (κ3) is 14.0. The van der Waals surface area contributed by atoms with Gasteiger partial charge in [0.2, 0.25) is 0 Å². The van der Waals surface area contributed by atoms with Crippen LogP contribution in [0.25, 0.3) is 28.9 Å². The molecule has 6 aliphatic rings. The van der Waals surface area contributed by atoms with Crippen LogP contribution in [-0.2, 0) is 5.41 Å². The Kier molecular flexibility index (Phi) is 20.3. The molecule has 0 N–H and O–H groups in total. The Bertz CT molecular complexity index is 4070. The molecule has 8 atom stereocenters. The lowest BCUT2D eigenvalue weighted by Crippen LogP contribution is -2.37. The number of hydrogen-bond donors (Lipinski definition) is 0. The van der Waals surface area contributed by atoms with E-state index in [1.54, 1.807) is 5.57 Å². The molecule has 96 heavy (non-hydrogen) atoms. The van der Waals surface area contributed by atoms with Crippen LogP contribution in [-0.4, -0.2) is 25.9 Å². The molecule has 0 aromatic heterocycles. The predicted octanol–water partition coefficient (Wildman–Crippen LogP) is 24.1. The van der Waals surface area contributed by atoms with E-state index in [-0.39, 0.29) is 17.4 Å². The van der Waals surface area contributed by atoms with Gasteiger partial charge in [0.25, 0.3) is 0 Å². The minimum Gasteiger partial charge on any atom is -0.494 e. The van der Waals surface area contributed by atoms with Crippen LogP contribution in [0.4, 0.5) is 22.7 Å². The van der Waals surface area contributed by atoms with E-state index in [4.69, 9.17) is 14.2 Å². The normalized spacial score (nSPS) is 21.7. The molecule has 1 saturated carbocycles. The van der Waals surface area contributed by atoms with Crippen molar-refractivity contribution in [2.24, 2.45) is 23.7 Å². The standard InChI is InChI=1S/C91H96N2O3/c1-4-66-33-50-80(51-34-66)94-60-22-7-8-23-61-95-81-54-47-78(48-55-81)93-89-57-41-73(70-27-14-10-15-28-70)62-85(89)86-63-74(42-58-90(86)93)72-39-45-77(46-40-72)92(76-43-37-71(38-44-76)69-25-12-9-13-26-69)79-49-56-84-83-31-18-19-32-87(83)91(88(84)64-79,75-29-16-11-17-30-75)59-21-20-24-68(6-3)65-96-82-52-35-67(5-2)36-53-82/h4-5,10-11,14-19,25,27-40,42-48,50-55,57-58,63-64,68,73,79,83-85,87H,1-2,6-9,12-13,20-24,26,41,49,56,59-62,65H2,3H3. The maximum absolute atomic E-state index is 6.41. The van der Waals surface area contributed by atoms with Gasteiger partial charge in [0, 0.05) is 39.8 Å². The smallest absolute Gasteiger partial charge is 0.119 e. The van der Waals surface area contributed by atoms with Crippen molar-refractivity contribution in [2.45, 2.75) is 139 Å². The largest absolute Gasteiger partial charge is 0.494 e. The molecular formula is C91H96N2O3. The van der Waals surface area contributed by atoms with E-state index < -0.39 is 0 Å². The third-order valence-corrected chi connectivity index (χ3v) is 22.2. The minimum absolute atomic E-state index is 0.109. The lowest BCUT2D eigenvalue weighted by Gasteiger charge is -2.42. The van der Waals surface area contributed by atoms with Crippen molar-refractivity contribution in [3.05, 3.63) is 301 Å². The monoisotopic (exact) mass is 1260 g/mol. The van der Waals surface area contributed by atoms with Gasteiger partial charge in [-0.15, -0.1) is 0 Å². The van der Waals surface area contributed by atoms with E-state index in [1.807, 2.05) is 36.4 Å². The van der Waals surface area contributed by atoms with Crippen LogP contribution < -0.4 is 24.0 Å². The number of fused-ring (bicyclic) bond motifs is 6. The molecule has 0 radical (unpaired) electrons. The molecule has 0 bridgehead atoms. The Morgan fingerprint density at radius 2 is 1.24 bits per heavy atom. The Hall–Kier alpha value is -9.06. The van der Waals surface area contributed by atoms with E-state index in [0.717, 1.165) is 119 Å². The number of nitrogens with zero attached hydrogens (tertiary/aromatic N) is 2. The summed E-state index contributed by atoms with van der Waals surface area (Å²) in [6.07, 6.45) is 40.6. The van der Waals surface area contributed by atoms with Crippen molar-refractivity contribution >= 4 is 40.5 Å². The fourth-order valence-corrected chi connectivity index (χ4v) is 17.1. The van der Waals surface area contributed by atoms with Gasteiger partial charge in [0.15, 0.2) is 0 Å². The molecule has 8 aromatic rings. The van der Waals surface area contributed by atoms with Crippen molar-refractivity contribution in [2.75, 3.05) is 29.6 Å². The first kappa shape index (κ1) is 64.3. The molecule has 0 saturated heterocycles. The second-order valence-electron chi connectivity index (χ2n) is 27.9. The highest BCUT2D eigenvalue weighted by atomic mass is 16.5. The van der Waals surface area contributed by atoms with Gasteiger partial charge in [-0.1, -0.05) is 215 Å². The number of unbranched alkanes of at least 4 members (excludes halogenated alkanes) is 4. The summed E-state index contributed by atoms with van der Waals surface area (Å²) in [4.78, 5) is 5.24. The number of rotatable bonds is 28. The SMILES string of the molecule is C=Cc1ccc(OCCCCCCOc2ccc(N3C4=CCC(c5ccccc5)CC4c4cc(-c5ccc(N(c6ccc(C7=CCCCC7)cc6)C6C=C7C(CC6)C6C=CC=CC6C7(CCCCC(CC)COc6ccc(C=C)cc6)c6ccccc6)cc5)ccc43)cc2)cc1. The van der Waals surface area contributed by atoms with Crippen molar-refractivity contribution in [1.82, 2.24) is 0 Å². The number of allylic oxidation sites excluding steroid dienone is 9. The summed E-state index contributed by atoms with van der Waals surface area (Å²) in [5, 5.41) is 0. The van der Waals surface area contributed by atoms with Crippen LogP contribution in [0.3, 0.4) is 0 Å². The summed E-state index contributed by atoms with van der Waals surface area (Å²) in [5.74, 6) is 5.37. The topological polar surface area (TPSA) is 34.2 Å². The number of ether oxygens (including phenoxy) is 3. The average Bonchev–Trinajstić information content (AvgIpc) is 1.55. The summed E-state index contributed by atoms with van der Waals surface area (Å²) in [6.45, 7) is 12.3. The Morgan fingerprint density at radius 1 is 0.604 bits per heavy atom. The Labute approximate surface area is 573 Å². The lowest BCUT2D eigenvalue weighted by atomic mass is 9.64. The molecule has 488 valence electrons. The van der Waals surface area contributed by atoms with Gasteiger partial charge in [-0.05, 0) is 254 Å². The fourth-order valence-electron chi connectivity index (χ4n) is 17.1. The number of hydrogen-bond acceptors (Lipinski definition) is 5. The van der Waals surface area contributed by atoms with Gasteiger partial charge in [0.1, 0.15) is 17.2 Å². The molecule has 8 unspecified atom stereocenters. The van der Waals surface area contributed by atoms with E-state index in [9.17, 15) is 0 Å². The van der Waals surface area contributed by atoms with Gasteiger partial charge in [0.05, 0.1) is 25.9 Å². The predicted molar refractivity (Wildman–Crippen MR) is 403 cm³/mol. The van der Waals surface area contributed by atoms with Crippen LogP contribution in [0.5, 0.6) is 17.2 Å². The molecule has 8 aromatic carbocycles. The van der Waals surface area contributed by atoms with Crippen molar-refractivity contribution in [3.8, 4) is 28.4 Å². The summed E-state index contributed by atoms with van der Waals surface area (Å²) in [5.41, 5.74) is 19.8. The molecule has 1 fully saturated rings. The summed E-state index contributed by atoms with van der Waals surface area (Å²) in [6, 6.07) is 75.0. The van der Waals surface area contributed by atoms with Crippen molar-refractivity contribution in [3.63, 3.8) is 0 Å². The van der Waals surface area contributed by atoms with Gasteiger partial charge >= 0.3 is 0 Å². The van der Waals surface area contributed by atoms with Crippen LogP contribution in [0.2, 0.25) is 0 Å². The molecule has 5 aliphatic carbocycles. The fraction of sp³-hybridized carbons (Fsp3) is 0.319. The minimum atomic E-state index is -0.109.